The van der Waals surface area contributed by atoms with E-state index in [-0.39, 0.29) is 24.3 Å². The van der Waals surface area contributed by atoms with Crippen LogP contribution >= 0.6 is 11.3 Å². The Bertz CT molecular complexity index is 1870. The van der Waals surface area contributed by atoms with E-state index in [2.05, 4.69) is 4.99 Å². The molecule has 0 saturated heterocycles. The van der Waals surface area contributed by atoms with Gasteiger partial charge in [0.1, 0.15) is 12.4 Å². The molecular formula is C33H30N3O6S-. The minimum Gasteiger partial charge on any atom is -0.545 e. The van der Waals surface area contributed by atoms with Gasteiger partial charge < -0.3 is 24.3 Å². The van der Waals surface area contributed by atoms with E-state index in [1.54, 1.807) is 48.8 Å². The molecule has 1 atom stereocenters. The molecule has 0 aliphatic carbocycles. The van der Waals surface area contributed by atoms with Crippen LogP contribution in [0.25, 0.3) is 6.08 Å². The summed E-state index contributed by atoms with van der Waals surface area (Å²) in [7, 11) is 3.90. The Morgan fingerprint density at radius 1 is 1.02 bits per heavy atom. The summed E-state index contributed by atoms with van der Waals surface area (Å²) in [5, 5.41) is 10.9. The molecule has 220 valence electrons. The average Bonchev–Trinajstić information content (AvgIpc) is 3.30. The van der Waals surface area contributed by atoms with Gasteiger partial charge >= 0.3 is 5.97 Å². The highest BCUT2D eigenvalue weighted by atomic mass is 32.1. The molecule has 0 N–H and O–H groups in total. The molecule has 0 bridgehead atoms. The summed E-state index contributed by atoms with van der Waals surface area (Å²) >= 11 is 1.27. The fourth-order valence-corrected chi connectivity index (χ4v) is 5.82. The molecule has 4 aromatic rings. The molecule has 3 aromatic carbocycles. The minimum absolute atomic E-state index is 0.110. The van der Waals surface area contributed by atoms with E-state index in [9.17, 15) is 19.5 Å². The van der Waals surface area contributed by atoms with Crippen LogP contribution in [0.2, 0.25) is 0 Å². The number of ether oxygens (including phenoxy) is 2. The number of hydrogen-bond donors (Lipinski definition) is 0. The molecule has 9 nitrogen and oxygen atoms in total. The predicted octanol–water partition coefficient (Wildman–Crippen LogP) is 2.81. The lowest BCUT2D eigenvalue weighted by Gasteiger charge is -2.25. The first-order valence-corrected chi connectivity index (χ1v) is 14.5. The van der Waals surface area contributed by atoms with Crippen molar-refractivity contribution >= 4 is 35.0 Å². The van der Waals surface area contributed by atoms with E-state index in [1.165, 1.54) is 23.5 Å². The van der Waals surface area contributed by atoms with E-state index in [1.807, 2.05) is 55.4 Å². The topological polar surface area (TPSA) is 113 Å². The van der Waals surface area contributed by atoms with Gasteiger partial charge in [-0.05, 0) is 66.4 Å². The molecule has 0 amide bonds. The molecule has 2 heterocycles. The Morgan fingerprint density at radius 2 is 1.70 bits per heavy atom. The molecule has 43 heavy (non-hydrogen) atoms. The van der Waals surface area contributed by atoms with Crippen molar-refractivity contribution in [1.82, 2.24) is 4.57 Å². The highest BCUT2D eigenvalue weighted by Gasteiger charge is 2.33. The number of carboxylic acid groups (broad SMARTS) is 1. The lowest BCUT2D eigenvalue weighted by Crippen LogP contribution is -2.39. The maximum atomic E-state index is 13.8. The Kier molecular flexibility index (Phi) is 8.58. The maximum Gasteiger partial charge on any atom is 0.338 e. The lowest BCUT2D eigenvalue weighted by molar-refractivity contribution is -0.255. The quantitative estimate of drug-likeness (QED) is 0.273. The van der Waals surface area contributed by atoms with E-state index < -0.39 is 18.0 Å². The third-order valence-corrected chi connectivity index (χ3v) is 8.00. The van der Waals surface area contributed by atoms with Crippen molar-refractivity contribution in [2.24, 2.45) is 4.99 Å². The van der Waals surface area contributed by atoms with Crippen LogP contribution in [0.5, 0.6) is 5.75 Å². The number of allylic oxidation sites excluding steroid dienone is 1. The molecule has 1 aromatic heterocycles. The first-order chi connectivity index (χ1) is 20.7. The number of nitrogens with zero attached hydrogens (tertiary/aromatic N) is 3. The molecule has 10 heteroatoms. The fraction of sp³-hybridized carbons (Fsp3) is 0.212. The number of carbonyl (C=O) groups excluding carboxylic acids is 2. The SMILES string of the molecule is CCOC(=O)C1=C(C)N=c2s/c(=C/c3ccc(OCc4ccc(C(=O)[O-])cc4)cc3)c(=O)n2[C@@H]1c1ccc(N(C)C)cc1. The molecule has 0 spiro atoms. The van der Waals surface area contributed by atoms with Gasteiger partial charge in [0, 0.05) is 19.8 Å². The van der Waals surface area contributed by atoms with Crippen LogP contribution in [0.1, 0.15) is 46.9 Å². The zero-order valence-corrected chi connectivity index (χ0v) is 25.0. The summed E-state index contributed by atoms with van der Waals surface area (Å²) in [6, 6.07) is 20.7. The molecule has 0 radical (unpaired) electrons. The van der Waals surface area contributed by atoms with E-state index in [0.29, 0.717) is 26.4 Å². The summed E-state index contributed by atoms with van der Waals surface area (Å²) in [5.74, 6) is -1.09. The number of hydrogen-bond acceptors (Lipinski definition) is 9. The third kappa shape index (κ3) is 6.29. The molecular weight excluding hydrogens is 566 g/mol. The molecule has 1 aliphatic heterocycles. The largest absolute Gasteiger partial charge is 0.545 e. The van der Waals surface area contributed by atoms with Gasteiger partial charge in [-0.1, -0.05) is 59.9 Å². The Hall–Kier alpha value is -4.96. The van der Waals surface area contributed by atoms with Crippen LogP contribution in [-0.4, -0.2) is 37.2 Å². The number of fused-ring (bicyclic) bond motifs is 1. The van der Waals surface area contributed by atoms with Crippen LogP contribution in [-0.2, 0) is 16.1 Å². The van der Waals surface area contributed by atoms with Crippen molar-refractivity contribution in [3.05, 3.63) is 126 Å². The third-order valence-electron chi connectivity index (χ3n) is 7.02. The van der Waals surface area contributed by atoms with Crippen molar-refractivity contribution in [1.29, 1.82) is 0 Å². The van der Waals surface area contributed by atoms with Gasteiger partial charge in [-0.15, -0.1) is 0 Å². The van der Waals surface area contributed by atoms with Gasteiger partial charge in [-0.3, -0.25) is 9.36 Å². The van der Waals surface area contributed by atoms with Crippen molar-refractivity contribution < 1.29 is 24.2 Å². The summed E-state index contributed by atoms with van der Waals surface area (Å²) < 4.78 is 13.3. The van der Waals surface area contributed by atoms with Gasteiger partial charge in [-0.2, -0.15) is 0 Å². The Balaban J connectivity index is 1.45. The van der Waals surface area contributed by atoms with Gasteiger partial charge in [0.15, 0.2) is 4.80 Å². The molecule has 0 saturated carbocycles. The highest BCUT2D eigenvalue weighted by molar-refractivity contribution is 7.07. The van der Waals surface area contributed by atoms with Crippen LogP contribution in [0.4, 0.5) is 5.69 Å². The Labute approximate surface area is 252 Å². The molecule has 1 aliphatic rings. The van der Waals surface area contributed by atoms with Crippen LogP contribution in [0.15, 0.2) is 93.9 Å². The standard InChI is InChI=1S/C33H31N3O6S/c1-5-41-32(40)28-20(2)34-33-36(29(28)23-12-14-25(15-13-23)35(3)4)30(37)27(43-33)18-21-8-16-26(17-9-21)42-19-22-6-10-24(11-7-22)31(38)39/h6-18,29H,5,19H2,1-4H3,(H,38,39)/p-1/b27-18+/t29-/m1/s1. The van der Waals surface area contributed by atoms with Gasteiger partial charge in [0.2, 0.25) is 0 Å². The smallest absolute Gasteiger partial charge is 0.338 e. The second-order valence-corrected chi connectivity index (χ2v) is 11.1. The zero-order valence-electron chi connectivity index (χ0n) is 24.2. The Morgan fingerprint density at radius 3 is 2.30 bits per heavy atom. The molecule has 0 unspecified atom stereocenters. The summed E-state index contributed by atoms with van der Waals surface area (Å²) in [6.45, 7) is 3.99. The van der Waals surface area contributed by atoms with E-state index >= 15 is 0 Å². The number of carbonyl (C=O) groups is 2. The van der Waals surface area contributed by atoms with Crippen molar-refractivity contribution in [3.63, 3.8) is 0 Å². The second kappa shape index (κ2) is 12.5. The maximum absolute atomic E-state index is 13.8. The van der Waals surface area contributed by atoms with E-state index in [0.717, 1.165) is 22.4 Å². The van der Waals surface area contributed by atoms with Crippen LogP contribution in [0.3, 0.4) is 0 Å². The van der Waals surface area contributed by atoms with Crippen molar-refractivity contribution in [3.8, 4) is 5.75 Å². The average molecular weight is 597 g/mol. The highest BCUT2D eigenvalue weighted by Crippen LogP contribution is 2.31. The number of thiazole rings is 1. The monoisotopic (exact) mass is 596 g/mol. The number of rotatable bonds is 9. The normalized spacial score (nSPS) is 14.6. The van der Waals surface area contributed by atoms with E-state index in [4.69, 9.17) is 9.47 Å². The van der Waals surface area contributed by atoms with Crippen molar-refractivity contribution in [2.45, 2.75) is 26.5 Å². The van der Waals surface area contributed by atoms with Gasteiger partial charge in [0.25, 0.3) is 5.56 Å². The van der Waals surface area contributed by atoms with Gasteiger partial charge in [0.05, 0.1) is 34.4 Å². The zero-order chi connectivity index (χ0) is 30.7. The number of esters is 1. The molecule has 0 fully saturated rings. The first-order valence-electron chi connectivity index (χ1n) is 13.7. The summed E-state index contributed by atoms with van der Waals surface area (Å²) in [4.78, 5) is 45.0. The number of aromatic carboxylic acids is 1. The number of anilines is 1. The lowest BCUT2D eigenvalue weighted by atomic mass is 9.95. The summed E-state index contributed by atoms with van der Waals surface area (Å²) in [6.07, 6.45) is 1.79. The second-order valence-electron chi connectivity index (χ2n) is 10.1. The number of benzene rings is 3. The minimum atomic E-state index is -1.22. The van der Waals surface area contributed by atoms with Crippen molar-refractivity contribution in [2.75, 3.05) is 25.6 Å². The number of carboxylic acids is 1. The fourth-order valence-electron chi connectivity index (χ4n) is 4.78. The van der Waals surface area contributed by atoms with Crippen LogP contribution < -0.4 is 29.6 Å². The van der Waals surface area contributed by atoms with Gasteiger partial charge in [-0.25, -0.2) is 9.79 Å². The summed E-state index contributed by atoms with van der Waals surface area (Å²) in [5.41, 5.74) is 4.11. The molecule has 5 rings (SSSR count). The van der Waals surface area contributed by atoms with Crippen LogP contribution in [0, 0.1) is 0 Å². The predicted molar refractivity (Wildman–Crippen MR) is 163 cm³/mol. The first kappa shape index (κ1) is 29.5. The number of aromatic nitrogens is 1.